The summed E-state index contributed by atoms with van der Waals surface area (Å²) in [6.07, 6.45) is 0. The fourth-order valence-electron chi connectivity index (χ4n) is 2.85. The molecular weight excluding hydrogens is 368 g/mol. The predicted octanol–water partition coefficient (Wildman–Crippen LogP) is 2.59. The summed E-state index contributed by atoms with van der Waals surface area (Å²) in [5, 5.41) is 1.16. The van der Waals surface area contributed by atoms with Gasteiger partial charge in [0.2, 0.25) is 0 Å². The second-order valence-corrected chi connectivity index (χ2v) is 10.2. The van der Waals surface area contributed by atoms with E-state index in [9.17, 15) is 13.2 Å². The van der Waals surface area contributed by atoms with Gasteiger partial charge in [-0.25, -0.2) is 8.42 Å². The molecule has 0 N–H and O–H groups in total. The number of hydrogen-bond donors (Lipinski definition) is 0. The lowest BCUT2D eigenvalue weighted by Crippen LogP contribution is -2.37. The van der Waals surface area contributed by atoms with Crippen molar-refractivity contribution in [3.63, 3.8) is 0 Å². The van der Waals surface area contributed by atoms with Gasteiger partial charge in [0, 0.05) is 22.7 Å². The number of halogens is 1. The van der Waals surface area contributed by atoms with Crippen LogP contribution in [0.2, 0.25) is 5.02 Å². The molecule has 0 spiro atoms. The average molecular weight is 387 g/mol. The van der Waals surface area contributed by atoms with Gasteiger partial charge in [-0.15, -0.1) is 0 Å². The molecule has 2 aliphatic rings. The minimum atomic E-state index is -3.04. The third kappa shape index (κ3) is 3.63. The fraction of sp³-hybridized carbons (Fsp3) is 0.500. The minimum absolute atomic E-state index is 0.0730. The molecule has 0 saturated carbocycles. The number of benzene rings is 1. The van der Waals surface area contributed by atoms with Gasteiger partial charge in [-0.1, -0.05) is 55.4 Å². The Morgan fingerprint density at radius 1 is 1.38 bits per heavy atom. The molecule has 0 aromatic heterocycles. The number of fused-ring (bicyclic) bond motifs is 1. The number of thioether (sulfide) groups is 1. The van der Waals surface area contributed by atoms with Crippen LogP contribution in [0, 0.1) is 5.92 Å². The summed E-state index contributed by atoms with van der Waals surface area (Å²) < 4.78 is 23.9. The smallest absolute Gasteiger partial charge is 0.250 e. The molecule has 0 bridgehead atoms. The van der Waals surface area contributed by atoms with E-state index in [1.54, 1.807) is 19.9 Å². The molecule has 2 saturated heterocycles. The van der Waals surface area contributed by atoms with E-state index in [2.05, 4.69) is 4.99 Å². The maximum absolute atomic E-state index is 12.0. The lowest BCUT2D eigenvalue weighted by atomic mass is 10.1. The Morgan fingerprint density at radius 2 is 2.08 bits per heavy atom. The van der Waals surface area contributed by atoms with Gasteiger partial charge in [-0.3, -0.25) is 4.79 Å². The first kappa shape index (κ1) is 17.8. The van der Waals surface area contributed by atoms with Crippen molar-refractivity contribution < 1.29 is 13.2 Å². The first-order valence-corrected chi connectivity index (χ1v) is 10.8. The topological polar surface area (TPSA) is 66.8 Å². The molecule has 3 rings (SSSR count). The van der Waals surface area contributed by atoms with Gasteiger partial charge in [0.05, 0.1) is 17.5 Å². The number of amides is 1. The highest BCUT2D eigenvalue weighted by atomic mass is 35.5. The van der Waals surface area contributed by atoms with Gasteiger partial charge in [-0.2, -0.15) is 4.99 Å². The Balaban J connectivity index is 1.93. The molecule has 130 valence electrons. The van der Waals surface area contributed by atoms with Gasteiger partial charge in [0.15, 0.2) is 15.0 Å². The van der Waals surface area contributed by atoms with Crippen molar-refractivity contribution in [1.82, 2.24) is 4.90 Å². The van der Waals surface area contributed by atoms with E-state index in [-0.39, 0.29) is 34.6 Å². The largest absolute Gasteiger partial charge is 0.342 e. The highest BCUT2D eigenvalue weighted by Gasteiger charge is 2.48. The van der Waals surface area contributed by atoms with Gasteiger partial charge >= 0.3 is 0 Å². The monoisotopic (exact) mass is 386 g/mol. The quantitative estimate of drug-likeness (QED) is 0.798. The summed E-state index contributed by atoms with van der Waals surface area (Å²) in [5.74, 6) is -0.144. The van der Waals surface area contributed by atoms with Gasteiger partial charge in [0.25, 0.3) is 5.91 Å². The number of nitrogens with zero attached hydrogens (tertiary/aromatic N) is 2. The molecule has 1 amide bonds. The van der Waals surface area contributed by atoms with E-state index in [0.717, 1.165) is 5.56 Å². The van der Waals surface area contributed by atoms with Crippen molar-refractivity contribution in [3.05, 3.63) is 34.9 Å². The second kappa shape index (κ2) is 6.69. The molecule has 1 aromatic carbocycles. The number of carbonyl (C=O) groups is 1. The van der Waals surface area contributed by atoms with E-state index >= 15 is 0 Å². The highest BCUT2D eigenvalue weighted by Crippen LogP contribution is 2.39. The average Bonchev–Trinajstić information content (AvgIpc) is 2.94. The van der Waals surface area contributed by atoms with Crippen LogP contribution >= 0.6 is 23.4 Å². The first-order chi connectivity index (χ1) is 11.3. The zero-order chi connectivity index (χ0) is 17.5. The number of sulfone groups is 1. The molecule has 2 atom stereocenters. The minimum Gasteiger partial charge on any atom is -0.342 e. The Labute approximate surface area is 151 Å². The predicted molar refractivity (Wildman–Crippen MR) is 98.1 cm³/mol. The van der Waals surface area contributed by atoms with Crippen LogP contribution in [-0.2, 0) is 21.2 Å². The van der Waals surface area contributed by atoms with Crippen molar-refractivity contribution in [1.29, 1.82) is 0 Å². The van der Waals surface area contributed by atoms with Crippen LogP contribution in [0.1, 0.15) is 19.4 Å². The lowest BCUT2D eigenvalue weighted by molar-refractivity contribution is -0.120. The van der Waals surface area contributed by atoms with E-state index in [0.29, 0.717) is 16.7 Å². The maximum Gasteiger partial charge on any atom is 0.250 e. The molecule has 5 nitrogen and oxygen atoms in total. The van der Waals surface area contributed by atoms with E-state index < -0.39 is 9.84 Å². The molecule has 2 heterocycles. The van der Waals surface area contributed by atoms with E-state index in [4.69, 9.17) is 11.6 Å². The molecule has 24 heavy (non-hydrogen) atoms. The highest BCUT2D eigenvalue weighted by molar-refractivity contribution is 8.15. The number of rotatable bonds is 3. The van der Waals surface area contributed by atoms with Crippen molar-refractivity contribution in [2.45, 2.75) is 31.7 Å². The van der Waals surface area contributed by atoms with Crippen LogP contribution in [0.15, 0.2) is 29.3 Å². The summed E-state index contributed by atoms with van der Waals surface area (Å²) >= 11 is 7.64. The fourth-order valence-corrected chi connectivity index (χ4v) is 7.01. The van der Waals surface area contributed by atoms with Crippen molar-refractivity contribution in [3.8, 4) is 0 Å². The molecule has 1 aromatic rings. The normalized spacial score (nSPS) is 27.0. The molecule has 0 aliphatic carbocycles. The standard InChI is InChI=1S/C16H19ClN2O3S2/c1-10(2)15(20)18-16-19(7-11-5-3-4-6-12(11)17)13-8-24(21,22)9-14(13)23-16/h3-6,10,13-14H,7-9H2,1-2H3/t13-,14-/m1/s1. The summed E-state index contributed by atoms with van der Waals surface area (Å²) in [4.78, 5) is 18.2. The molecular formula is C16H19ClN2O3S2. The number of amidine groups is 1. The molecule has 0 radical (unpaired) electrons. The van der Waals surface area contributed by atoms with Gasteiger partial charge < -0.3 is 4.90 Å². The summed E-state index contributed by atoms with van der Waals surface area (Å²) in [7, 11) is -3.04. The third-order valence-electron chi connectivity index (χ3n) is 4.17. The Morgan fingerprint density at radius 3 is 2.75 bits per heavy atom. The van der Waals surface area contributed by atoms with Crippen molar-refractivity contribution >= 4 is 44.3 Å². The molecule has 2 aliphatic heterocycles. The zero-order valence-corrected chi connectivity index (χ0v) is 15.9. The van der Waals surface area contributed by atoms with Gasteiger partial charge in [0.1, 0.15) is 0 Å². The number of aliphatic imine (C=N–C) groups is 1. The van der Waals surface area contributed by atoms with Crippen LogP contribution < -0.4 is 0 Å². The summed E-state index contributed by atoms with van der Waals surface area (Å²) in [6.45, 7) is 4.05. The third-order valence-corrected chi connectivity index (χ3v) is 7.79. The molecule has 8 heteroatoms. The van der Waals surface area contributed by atoms with Crippen LogP contribution in [0.5, 0.6) is 0 Å². The van der Waals surface area contributed by atoms with Crippen LogP contribution in [0.3, 0.4) is 0 Å². The lowest BCUT2D eigenvalue weighted by Gasteiger charge is -2.25. The van der Waals surface area contributed by atoms with Crippen LogP contribution in [0.4, 0.5) is 0 Å². The van der Waals surface area contributed by atoms with Crippen LogP contribution in [0.25, 0.3) is 0 Å². The van der Waals surface area contributed by atoms with E-state index in [1.807, 2.05) is 23.1 Å². The Bertz CT molecular complexity index is 792. The van der Waals surface area contributed by atoms with Gasteiger partial charge in [-0.05, 0) is 11.6 Å². The number of hydrogen-bond acceptors (Lipinski definition) is 4. The second-order valence-electron chi connectivity index (χ2n) is 6.41. The van der Waals surface area contributed by atoms with E-state index in [1.165, 1.54) is 11.8 Å². The zero-order valence-electron chi connectivity index (χ0n) is 13.5. The van der Waals surface area contributed by atoms with Crippen LogP contribution in [-0.4, -0.2) is 47.2 Å². The number of carbonyl (C=O) groups excluding carboxylic acids is 1. The SMILES string of the molecule is CC(C)C(=O)N=C1S[C@@H]2CS(=O)(=O)C[C@H]2N1Cc1ccccc1Cl. The Kier molecular flexibility index (Phi) is 4.95. The first-order valence-electron chi connectivity index (χ1n) is 7.76. The summed E-state index contributed by atoms with van der Waals surface area (Å²) in [5.41, 5.74) is 0.898. The molecule has 2 fully saturated rings. The molecule has 0 unspecified atom stereocenters. The Hall–Kier alpha value is -1.05. The van der Waals surface area contributed by atoms with Crippen molar-refractivity contribution in [2.24, 2.45) is 10.9 Å². The maximum atomic E-state index is 12.0. The summed E-state index contributed by atoms with van der Waals surface area (Å²) in [6, 6.07) is 7.30. The van der Waals surface area contributed by atoms with Crippen molar-refractivity contribution in [2.75, 3.05) is 11.5 Å².